The molecule has 0 atom stereocenters. The van der Waals surface area contributed by atoms with Gasteiger partial charge in [-0.2, -0.15) is 0 Å². The number of nitrogen functional groups attached to an aromatic ring is 1. The topological polar surface area (TPSA) is 72.5 Å². The molecule has 0 heterocycles. The molecule has 0 aliphatic rings. The summed E-state index contributed by atoms with van der Waals surface area (Å²) in [7, 11) is 0. The zero-order valence-corrected chi connectivity index (χ0v) is 10.8. The number of nitrogens with two attached hydrogens (primary N) is 1. The van der Waals surface area contributed by atoms with Crippen LogP contribution in [0.15, 0.2) is 18.2 Å². The second-order valence-electron chi connectivity index (χ2n) is 4.33. The number of rotatable bonds is 7. The number of carbonyl (C=O) groups is 1. The Hall–Kier alpha value is -1.71. The van der Waals surface area contributed by atoms with E-state index in [-0.39, 0.29) is 11.3 Å². The lowest BCUT2D eigenvalue weighted by Crippen LogP contribution is -2.07. The van der Waals surface area contributed by atoms with Gasteiger partial charge < -0.3 is 15.6 Å². The Morgan fingerprint density at radius 2 is 2.00 bits per heavy atom. The first-order chi connectivity index (χ1) is 8.65. The van der Waals surface area contributed by atoms with E-state index in [2.05, 4.69) is 6.92 Å². The Morgan fingerprint density at radius 3 is 2.72 bits per heavy atom. The molecule has 0 radical (unpaired) electrons. The summed E-state index contributed by atoms with van der Waals surface area (Å²) >= 11 is 0. The Bertz CT molecular complexity index is 391. The van der Waals surface area contributed by atoms with Crippen molar-refractivity contribution in [3.8, 4) is 5.75 Å². The molecule has 0 saturated carbocycles. The van der Waals surface area contributed by atoms with Crippen LogP contribution in [-0.2, 0) is 4.74 Å². The summed E-state index contributed by atoms with van der Waals surface area (Å²) < 4.78 is 5.09. The number of hydrogen-bond acceptors (Lipinski definition) is 4. The van der Waals surface area contributed by atoms with Crippen LogP contribution in [0.2, 0.25) is 0 Å². The molecular weight excluding hydrogens is 230 g/mol. The lowest BCUT2D eigenvalue weighted by Gasteiger charge is -2.07. The first-order valence-electron chi connectivity index (χ1n) is 6.40. The number of aromatic hydroxyl groups is 1. The number of unbranched alkanes of at least 4 members (excludes halogenated alkanes) is 4. The maximum absolute atomic E-state index is 11.7. The van der Waals surface area contributed by atoms with Gasteiger partial charge in [0.1, 0.15) is 11.3 Å². The molecule has 0 bridgehead atoms. The van der Waals surface area contributed by atoms with Gasteiger partial charge in [-0.25, -0.2) is 4.79 Å². The quantitative estimate of drug-likeness (QED) is 0.338. The summed E-state index contributed by atoms with van der Waals surface area (Å²) in [6.07, 6.45) is 5.48. The largest absolute Gasteiger partial charge is 0.507 e. The number of carbonyl (C=O) groups excluding carboxylic acids is 1. The predicted molar refractivity (Wildman–Crippen MR) is 71.6 cm³/mol. The second kappa shape index (κ2) is 7.58. The highest BCUT2D eigenvalue weighted by molar-refractivity contribution is 5.93. The minimum atomic E-state index is -0.518. The zero-order valence-electron chi connectivity index (χ0n) is 10.8. The fourth-order valence-electron chi connectivity index (χ4n) is 1.67. The Morgan fingerprint density at radius 1 is 1.28 bits per heavy atom. The van der Waals surface area contributed by atoms with E-state index in [4.69, 9.17) is 10.5 Å². The highest BCUT2D eigenvalue weighted by Gasteiger charge is 2.12. The van der Waals surface area contributed by atoms with Crippen molar-refractivity contribution in [1.82, 2.24) is 0 Å². The van der Waals surface area contributed by atoms with Crippen molar-refractivity contribution in [3.63, 3.8) is 0 Å². The van der Waals surface area contributed by atoms with Crippen LogP contribution in [0.3, 0.4) is 0 Å². The van der Waals surface area contributed by atoms with Crippen LogP contribution in [0.5, 0.6) is 5.75 Å². The van der Waals surface area contributed by atoms with Gasteiger partial charge in [-0.3, -0.25) is 0 Å². The fraction of sp³-hybridized carbons (Fsp3) is 0.500. The summed E-state index contributed by atoms with van der Waals surface area (Å²) in [4.78, 5) is 11.7. The third-order valence-electron chi connectivity index (χ3n) is 2.72. The summed E-state index contributed by atoms with van der Waals surface area (Å²) in [6, 6.07) is 4.36. The van der Waals surface area contributed by atoms with Crippen molar-refractivity contribution in [2.75, 3.05) is 12.3 Å². The SMILES string of the molecule is CCCCCCCOC(=O)c1cc(N)ccc1O. The van der Waals surface area contributed by atoms with Gasteiger partial charge in [-0.15, -0.1) is 0 Å². The number of anilines is 1. The maximum Gasteiger partial charge on any atom is 0.341 e. The highest BCUT2D eigenvalue weighted by atomic mass is 16.5. The van der Waals surface area contributed by atoms with E-state index in [0.717, 1.165) is 19.3 Å². The molecule has 0 aliphatic carbocycles. The lowest BCUT2D eigenvalue weighted by molar-refractivity contribution is 0.0494. The fourth-order valence-corrected chi connectivity index (χ4v) is 1.67. The van der Waals surface area contributed by atoms with Crippen molar-refractivity contribution in [1.29, 1.82) is 0 Å². The Kier molecular flexibility index (Phi) is 6.05. The predicted octanol–water partition coefficient (Wildman–Crippen LogP) is 3.10. The van der Waals surface area contributed by atoms with Crippen molar-refractivity contribution in [2.24, 2.45) is 0 Å². The molecule has 0 unspecified atom stereocenters. The van der Waals surface area contributed by atoms with Gasteiger partial charge >= 0.3 is 5.97 Å². The van der Waals surface area contributed by atoms with E-state index in [0.29, 0.717) is 12.3 Å². The second-order valence-corrected chi connectivity index (χ2v) is 4.33. The highest BCUT2D eigenvalue weighted by Crippen LogP contribution is 2.20. The van der Waals surface area contributed by atoms with Gasteiger partial charge in [0, 0.05) is 5.69 Å². The van der Waals surface area contributed by atoms with Gasteiger partial charge in [-0.05, 0) is 24.6 Å². The van der Waals surface area contributed by atoms with Crippen LogP contribution in [0.4, 0.5) is 5.69 Å². The monoisotopic (exact) mass is 251 g/mol. The maximum atomic E-state index is 11.7. The molecule has 0 amide bonds. The van der Waals surface area contributed by atoms with Crippen molar-refractivity contribution in [3.05, 3.63) is 23.8 Å². The first kappa shape index (κ1) is 14.4. The van der Waals surface area contributed by atoms with Gasteiger partial charge in [0.15, 0.2) is 0 Å². The first-order valence-corrected chi connectivity index (χ1v) is 6.40. The van der Waals surface area contributed by atoms with E-state index < -0.39 is 5.97 Å². The molecule has 4 nitrogen and oxygen atoms in total. The molecule has 4 heteroatoms. The van der Waals surface area contributed by atoms with Crippen LogP contribution in [0.1, 0.15) is 49.4 Å². The molecule has 0 spiro atoms. The number of phenols is 1. The summed E-state index contributed by atoms with van der Waals surface area (Å²) in [5.74, 6) is -0.615. The van der Waals surface area contributed by atoms with E-state index in [1.54, 1.807) is 0 Å². The van der Waals surface area contributed by atoms with Crippen molar-refractivity contribution < 1.29 is 14.6 Å². The lowest BCUT2D eigenvalue weighted by atomic mass is 10.1. The molecule has 3 N–H and O–H groups in total. The number of hydrogen-bond donors (Lipinski definition) is 2. The molecule has 1 rings (SSSR count). The van der Waals surface area contributed by atoms with Gasteiger partial charge in [-0.1, -0.05) is 32.6 Å². The van der Waals surface area contributed by atoms with E-state index >= 15 is 0 Å². The van der Waals surface area contributed by atoms with E-state index in [1.807, 2.05) is 0 Å². The van der Waals surface area contributed by atoms with Crippen LogP contribution >= 0.6 is 0 Å². The third kappa shape index (κ3) is 4.65. The average molecular weight is 251 g/mol. The number of ether oxygens (including phenoxy) is 1. The van der Waals surface area contributed by atoms with E-state index in [1.165, 1.54) is 31.0 Å². The smallest absolute Gasteiger partial charge is 0.341 e. The Labute approximate surface area is 108 Å². The zero-order chi connectivity index (χ0) is 13.4. The van der Waals surface area contributed by atoms with E-state index in [9.17, 15) is 9.90 Å². The summed E-state index contributed by atoms with van der Waals surface area (Å²) in [5, 5.41) is 9.52. The molecule has 1 aromatic carbocycles. The average Bonchev–Trinajstić information content (AvgIpc) is 2.36. The van der Waals surface area contributed by atoms with Crippen LogP contribution in [0, 0.1) is 0 Å². The minimum absolute atomic E-state index is 0.0971. The van der Waals surface area contributed by atoms with Crippen LogP contribution in [0.25, 0.3) is 0 Å². The third-order valence-corrected chi connectivity index (χ3v) is 2.72. The van der Waals surface area contributed by atoms with Gasteiger partial charge in [0.2, 0.25) is 0 Å². The minimum Gasteiger partial charge on any atom is -0.507 e. The molecule has 100 valence electrons. The van der Waals surface area contributed by atoms with Crippen molar-refractivity contribution >= 4 is 11.7 Å². The normalized spacial score (nSPS) is 10.3. The van der Waals surface area contributed by atoms with Gasteiger partial charge in [0.25, 0.3) is 0 Å². The molecular formula is C14H21NO3. The van der Waals surface area contributed by atoms with Crippen LogP contribution < -0.4 is 5.73 Å². The van der Waals surface area contributed by atoms with Gasteiger partial charge in [0.05, 0.1) is 6.61 Å². The number of esters is 1. The molecule has 18 heavy (non-hydrogen) atoms. The standard InChI is InChI=1S/C14H21NO3/c1-2-3-4-5-6-9-18-14(17)12-10-11(15)7-8-13(12)16/h7-8,10,16H,2-6,9,15H2,1H3. The Balaban J connectivity index is 2.34. The molecule has 1 aromatic rings. The summed E-state index contributed by atoms with van der Waals surface area (Å²) in [6.45, 7) is 2.54. The summed E-state index contributed by atoms with van der Waals surface area (Å²) in [5.41, 5.74) is 6.12. The molecule has 0 fully saturated rings. The molecule has 0 aliphatic heterocycles. The molecule has 0 aromatic heterocycles. The van der Waals surface area contributed by atoms with Crippen LogP contribution in [-0.4, -0.2) is 17.7 Å². The number of phenolic OH excluding ortho intramolecular Hbond substituents is 1. The number of benzene rings is 1. The molecule has 0 saturated heterocycles. The van der Waals surface area contributed by atoms with Crippen molar-refractivity contribution in [2.45, 2.75) is 39.0 Å².